The molecule has 0 unspecified atom stereocenters. The van der Waals surface area contributed by atoms with Crippen molar-refractivity contribution in [3.8, 4) is 0 Å². The number of nitrogens with one attached hydrogen (secondary N) is 1. The molecule has 1 aromatic rings. The van der Waals surface area contributed by atoms with Crippen LogP contribution in [0.15, 0.2) is 30.3 Å². The number of nitrogens with zero attached hydrogens (tertiary/aromatic N) is 2. The highest BCUT2D eigenvalue weighted by molar-refractivity contribution is 5.46. The van der Waals surface area contributed by atoms with Crippen LogP contribution in [0.2, 0.25) is 0 Å². The number of hydrazine groups is 1. The van der Waals surface area contributed by atoms with E-state index < -0.39 is 0 Å². The lowest BCUT2D eigenvalue weighted by atomic mass is 10.2. The lowest BCUT2D eigenvalue weighted by molar-refractivity contribution is 0.195. The van der Waals surface area contributed by atoms with Gasteiger partial charge in [0.15, 0.2) is 0 Å². The van der Waals surface area contributed by atoms with Gasteiger partial charge in [0.1, 0.15) is 0 Å². The van der Waals surface area contributed by atoms with Crippen LogP contribution >= 0.6 is 0 Å². The zero-order valence-corrected chi connectivity index (χ0v) is 10.6. The van der Waals surface area contributed by atoms with E-state index in [0.29, 0.717) is 0 Å². The molecule has 2 rings (SSSR count). The topological polar surface area (TPSA) is 18.5 Å². The Labute approximate surface area is 99.0 Å². The van der Waals surface area contributed by atoms with Crippen molar-refractivity contribution in [3.63, 3.8) is 0 Å². The monoisotopic (exact) mass is 221 g/mol. The van der Waals surface area contributed by atoms with E-state index in [1.165, 1.54) is 5.69 Å². The minimum atomic E-state index is 1.09. The first-order valence-corrected chi connectivity index (χ1v) is 6.12. The van der Waals surface area contributed by atoms with Crippen molar-refractivity contribution in [2.24, 2.45) is 0 Å². The van der Waals surface area contributed by atoms with Crippen LogP contribution in [0.3, 0.4) is 0 Å². The molecule has 0 aliphatic carbocycles. The van der Waals surface area contributed by atoms with Crippen LogP contribution in [0.5, 0.6) is 0 Å². The molecule has 1 saturated heterocycles. The Morgan fingerprint density at radius 2 is 1.50 bits per heavy atom. The molecule has 0 amide bonds. The molecule has 3 heteroatoms. The van der Waals surface area contributed by atoms with Crippen molar-refractivity contribution in [3.05, 3.63) is 30.3 Å². The molecule has 1 aromatic carbocycles. The van der Waals surface area contributed by atoms with Gasteiger partial charge in [-0.05, 0) is 19.2 Å². The Balaban J connectivity index is 0.000000606. The van der Waals surface area contributed by atoms with E-state index in [-0.39, 0.29) is 0 Å². The molecule has 0 atom stereocenters. The zero-order chi connectivity index (χ0) is 11.8. The minimum absolute atomic E-state index is 1.09. The van der Waals surface area contributed by atoms with Crippen LogP contribution < -0.4 is 10.3 Å². The molecule has 0 radical (unpaired) electrons. The molecule has 3 nitrogen and oxygen atoms in total. The first-order chi connectivity index (χ1) is 7.90. The van der Waals surface area contributed by atoms with E-state index in [0.717, 1.165) is 26.2 Å². The summed E-state index contributed by atoms with van der Waals surface area (Å²) in [5.41, 5.74) is 4.52. The highest BCUT2D eigenvalue weighted by Gasteiger charge is 2.14. The summed E-state index contributed by atoms with van der Waals surface area (Å²) < 4.78 is 0. The van der Waals surface area contributed by atoms with Crippen LogP contribution in [-0.4, -0.2) is 38.2 Å². The Morgan fingerprint density at radius 3 is 2.00 bits per heavy atom. The predicted octanol–water partition coefficient (Wildman–Crippen LogP) is 1.97. The standard InChI is InChI=1S/C11H17N3.C2H6/c1-12-14-9-7-13(8-10-14)11-5-3-2-4-6-11;1-2/h2-6,12H,7-10H2,1H3;1-2H3. The predicted molar refractivity (Wildman–Crippen MR) is 70.6 cm³/mol. The maximum absolute atomic E-state index is 3.18. The average molecular weight is 221 g/mol. The summed E-state index contributed by atoms with van der Waals surface area (Å²) in [7, 11) is 1.98. The molecule has 90 valence electrons. The van der Waals surface area contributed by atoms with Crippen molar-refractivity contribution in [1.29, 1.82) is 0 Å². The number of rotatable bonds is 2. The third-order valence-corrected chi connectivity index (χ3v) is 2.72. The molecule has 1 N–H and O–H groups in total. The Morgan fingerprint density at radius 1 is 0.938 bits per heavy atom. The largest absolute Gasteiger partial charge is 0.369 e. The molecule has 0 aromatic heterocycles. The van der Waals surface area contributed by atoms with Crippen molar-refractivity contribution >= 4 is 5.69 Å². The Hall–Kier alpha value is -1.06. The number of hydrogen-bond acceptors (Lipinski definition) is 3. The maximum Gasteiger partial charge on any atom is 0.0367 e. The van der Waals surface area contributed by atoms with E-state index in [1.54, 1.807) is 0 Å². The van der Waals surface area contributed by atoms with Crippen molar-refractivity contribution < 1.29 is 0 Å². The maximum atomic E-state index is 3.18. The van der Waals surface area contributed by atoms with Crippen LogP contribution in [0.4, 0.5) is 5.69 Å². The minimum Gasteiger partial charge on any atom is -0.369 e. The lowest BCUT2D eigenvalue weighted by Crippen LogP contribution is -2.50. The lowest BCUT2D eigenvalue weighted by Gasteiger charge is -2.35. The molecule has 0 bridgehead atoms. The second-order valence-electron chi connectivity index (χ2n) is 3.53. The van der Waals surface area contributed by atoms with Crippen molar-refractivity contribution in [2.75, 3.05) is 38.1 Å². The van der Waals surface area contributed by atoms with Gasteiger partial charge in [0, 0.05) is 31.9 Å². The number of para-hydroxylation sites is 1. The van der Waals surface area contributed by atoms with E-state index in [2.05, 4.69) is 45.7 Å². The molecular formula is C13H23N3. The van der Waals surface area contributed by atoms with Crippen LogP contribution in [0.25, 0.3) is 0 Å². The van der Waals surface area contributed by atoms with Gasteiger partial charge in [0.2, 0.25) is 0 Å². The molecule has 1 heterocycles. The van der Waals surface area contributed by atoms with Crippen LogP contribution in [-0.2, 0) is 0 Å². The van der Waals surface area contributed by atoms with E-state index >= 15 is 0 Å². The normalized spacial score (nSPS) is 16.6. The van der Waals surface area contributed by atoms with Gasteiger partial charge in [0.05, 0.1) is 0 Å². The van der Waals surface area contributed by atoms with E-state index in [4.69, 9.17) is 0 Å². The summed E-state index contributed by atoms with van der Waals surface area (Å²) in [5, 5.41) is 2.25. The second kappa shape index (κ2) is 7.25. The molecule has 0 saturated carbocycles. The molecule has 0 spiro atoms. The molecule has 1 aliphatic heterocycles. The molecule has 1 fully saturated rings. The van der Waals surface area contributed by atoms with Gasteiger partial charge in [0.25, 0.3) is 0 Å². The quantitative estimate of drug-likeness (QED) is 0.823. The summed E-state index contributed by atoms with van der Waals surface area (Å²) in [6.07, 6.45) is 0. The van der Waals surface area contributed by atoms with E-state index in [9.17, 15) is 0 Å². The van der Waals surface area contributed by atoms with Gasteiger partial charge in [-0.3, -0.25) is 5.43 Å². The number of piperazine rings is 1. The fraction of sp³-hybridized carbons (Fsp3) is 0.538. The van der Waals surface area contributed by atoms with Crippen molar-refractivity contribution in [2.45, 2.75) is 13.8 Å². The highest BCUT2D eigenvalue weighted by Crippen LogP contribution is 2.14. The van der Waals surface area contributed by atoms with Gasteiger partial charge in [-0.1, -0.05) is 32.0 Å². The number of hydrogen-bond donors (Lipinski definition) is 1. The molecule has 1 aliphatic rings. The van der Waals surface area contributed by atoms with Gasteiger partial charge in [-0.2, -0.15) is 0 Å². The summed E-state index contributed by atoms with van der Waals surface area (Å²) in [6, 6.07) is 10.6. The fourth-order valence-electron chi connectivity index (χ4n) is 1.83. The Kier molecular flexibility index (Phi) is 5.90. The highest BCUT2D eigenvalue weighted by atomic mass is 15.5. The summed E-state index contributed by atoms with van der Waals surface area (Å²) in [5.74, 6) is 0. The summed E-state index contributed by atoms with van der Waals surface area (Å²) in [6.45, 7) is 8.38. The SMILES string of the molecule is CC.CNN1CCN(c2ccccc2)CC1. The van der Waals surface area contributed by atoms with E-state index in [1.807, 2.05) is 20.9 Å². The molecule has 16 heavy (non-hydrogen) atoms. The van der Waals surface area contributed by atoms with Gasteiger partial charge in [-0.15, -0.1) is 0 Å². The zero-order valence-electron chi connectivity index (χ0n) is 10.6. The van der Waals surface area contributed by atoms with Gasteiger partial charge >= 0.3 is 0 Å². The fourth-order valence-corrected chi connectivity index (χ4v) is 1.83. The summed E-state index contributed by atoms with van der Waals surface area (Å²) in [4.78, 5) is 2.42. The van der Waals surface area contributed by atoms with Crippen molar-refractivity contribution in [1.82, 2.24) is 10.4 Å². The number of anilines is 1. The third kappa shape index (κ3) is 3.51. The average Bonchev–Trinajstić information content (AvgIpc) is 2.42. The first-order valence-electron chi connectivity index (χ1n) is 6.12. The van der Waals surface area contributed by atoms with Gasteiger partial charge < -0.3 is 4.90 Å². The molecular weight excluding hydrogens is 198 g/mol. The third-order valence-electron chi connectivity index (χ3n) is 2.72. The van der Waals surface area contributed by atoms with Gasteiger partial charge in [-0.25, -0.2) is 5.01 Å². The van der Waals surface area contributed by atoms with Crippen LogP contribution in [0, 0.1) is 0 Å². The van der Waals surface area contributed by atoms with Crippen LogP contribution in [0.1, 0.15) is 13.8 Å². The Bertz CT molecular complexity index is 266. The smallest absolute Gasteiger partial charge is 0.0367 e. The number of benzene rings is 1. The summed E-state index contributed by atoms with van der Waals surface area (Å²) >= 11 is 0. The first kappa shape index (κ1) is 13.0. The second-order valence-corrected chi connectivity index (χ2v) is 3.53.